The Morgan fingerprint density at radius 1 is 1.40 bits per heavy atom. The Labute approximate surface area is 117 Å². The van der Waals surface area contributed by atoms with Gasteiger partial charge in [0.25, 0.3) is 0 Å². The lowest BCUT2D eigenvalue weighted by Crippen LogP contribution is -2.42. The maximum Gasteiger partial charge on any atom is 0.326 e. The van der Waals surface area contributed by atoms with Crippen molar-refractivity contribution in [1.82, 2.24) is 5.32 Å². The van der Waals surface area contributed by atoms with E-state index in [0.717, 1.165) is 12.0 Å². The first kappa shape index (κ1) is 14.5. The van der Waals surface area contributed by atoms with Gasteiger partial charge in [-0.15, -0.1) is 0 Å². The Bertz CT molecular complexity index is 474. The fraction of sp³-hybridized carbons (Fsp3) is 0.467. The number of nitrogens with one attached hydrogen (secondary N) is 1. The molecule has 0 aliphatic heterocycles. The number of amides is 1. The van der Waals surface area contributed by atoms with Crippen LogP contribution in [0.25, 0.3) is 0 Å². The Morgan fingerprint density at radius 3 is 2.70 bits per heavy atom. The molecule has 0 saturated heterocycles. The smallest absolute Gasteiger partial charge is 0.326 e. The largest absolute Gasteiger partial charge is 0.480 e. The summed E-state index contributed by atoms with van der Waals surface area (Å²) < 4.78 is 4.86. The highest BCUT2D eigenvalue weighted by Gasteiger charge is 2.44. The second-order valence-electron chi connectivity index (χ2n) is 5.04. The Kier molecular flexibility index (Phi) is 4.74. The summed E-state index contributed by atoms with van der Waals surface area (Å²) in [4.78, 5) is 23.1. The monoisotopic (exact) mass is 277 g/mol. The molecule has 1 saturated carbocycles. The van der Waals surface area contributed by atoms with Crippen molar-refractivity contribution in [3.63, 3.8) is 0 Å². The molecule has 0 aromatic heterocycles. The summed E-state index contributed by atoms with van der Waals surface area (Å²) in [7, 11) is 1.51. The van der Waals surface area contributed by atoms with Crippen molar-refractivity contribution in [2.75, 3.05) is 13.7 Å². The van der Waals surface area contributed by atoms with Crippen LogP contribution in [0.1, 0.15) is 24.3 Å². The minimum atomic E-state index is -1.02. The molecule has 0 radical (unpaired) electrons. The zero-order chi connectivity index (χ0) is 14.5. The highest BCUT2D eigenvalue weighted by atomic mass is 16.5. The summed E-state index contributed by atoms with van der Waals surface area (Å²) in [5.41, 5.74) is 1.14. The number of aliphatic carboxylic acids is 1. The molecule has 0 bridgehead atoms. The fourth-order valence-corrected chi connectivity index (χ4v) is 2.33. The minimum absolute atomic E-state index is 0.109. The predicted octanol–water partition coefficient (Wildman–Crippen LogP) is 1.40. The van der Waals surface area contributed by atoms with Gasteiger partial charge in [0.05, 0.1) is 0 Å². The van der Waals surface area contributed by atoms with Crippen LogP contribution < -0.4 is 5.32 Å². The standard InChI is InChI=1S/C15H19NO4/c1-20-8-7-13(15(18)19)16-14(17)12-9-11(12)10-5-3-2-4-6-10/h2-6,11-13H,7-9H2,1H3,(H,16,17)(H,18,19). The number of ether oxygens (including phenoxy) is 1. The third-order valence-corrected chi connectivity index (χ3v) is 3.58. The average molecular weight is 277 g/mol. The van der Waals surface area contributed by atoms with Crippen molar-refractivity contribution in [3.05, 3.63) is 35.9 Å². The summed E-state index contributed by atoms with van der Waals surface area (Å²) in [5.74, 6) is -1.09. The van der Waals surface area contributed by atoms with E-state index in [2.05, 4.69) is 5.32 Å². The highest BCUT2D eigenvalue weighted by Crippen LogP contribution is 2.47. The number of methoxy groups -OCH3 is 1. The van der Waals surface area contributed by atoms with E-state index < -0.39 is 12.0 Å². The van der Waals surface area contributed by atoms with Crippen LogP contribution >= 0.6 is 0 Å². The molecule has 3 atom stereocenters. The van der Waals surface area contributed by atoms with Crippen LogP contribution in [0.3, 0.4) is 0 Å². The lowest BCUT2D eigenvalue weighted by Gasteiger charge is -2.14. The van der Waals surface area contributed by atoms with E-state index in [1.54, 1.807) is 0 Å². The number of carbonyl (C=O) groups excluding carboxylic acids is 1. The van der Waals surface area contributed by atoms with Gasteiger partial charge in [-0.25, -0.2) is 4.79 Å². The second kappa shape index (κ2) is 6.52. The first-order chi connectivity index (χ1) is 9.63. The average Bonchev–Trinajstić information content (AvgIpc) is 3.24. The summed E-state index contributed by atoms with van der Waals surface area (Å²) in [5, 5.41) is 11.7. The number of benzene rings is 1. The molecular formula is C15H19NO4. The first-order valence-corrected chi connectivity index (χ1v) is 6.70. The van der Waals surface area contributed by atoms with Crippen molar-refractivity contribution in [3.8, 4) is 0 Å². The molecule has 2 rings (SSSR count). The van der Waals surface area contributed by atoms with Gasteiger partial charge in [0.15, 0.2) is 0 Å². The summed E-state index contributed by atoms with van der Waals surface area (Å²) in [6, 6.07) is 8.95. The van der Waals surface area contributed by atoms with Gasteiger partial charge in [-0.2, -0.15) is 0 Å². The predicted molar refractivity (Wildman–Crippen MR) is 73.3 cm³/mol. The Balaban J connectivity index is 1.88. The van der Waals surface area contributed by atoms with E-state index in [-0.39, 0.29) is 24.2 Å². The van der Waals surface area contributed by atoms with Gasteiger partial charge in [0.2, 0.25) is 5.91 Å². The van der Waals surface area contributed by atoms with Crippen LogP contribution in [-0.2, 0) is 14.3 Å². The van der Waals surface area contributed by atoms with Gasteiger partial charge in [0, 0.05) is 26.1 Å². The number of hydrogen-bond acceptors (Lipinski definition) is 3. The molecule has 108 valence electrons. The van der Waals surface area contributed by atoms with Gasteiger partial charge in [-0.3, -0.25) is 4.79 Å². The van der Waals surface area contributed by atoms with Crippen molar-refractivity contribution >= 4 is 11.9 Å². The fourth-order valence-electron chi connectivity index (χ4n) is 2.33. The number of carboxylic acids is 1. The van der Waals surface area contributed by atoms with Crippen molar-refractivity contribution < 1.29 is 19.4 Å². The van der Waals surface area contributed by atoms with Gasteiger partial charge >= 0.3 is 5.97 Å². The molecule has 0 heterocycles. The topological polar surface area (TPSA) is 75.6 Å². The number of rotatable bonds is 7. The SMILES string of the molecule is COCCC(NC(=O)C1CC1c1ccccc1)C(=O)O. The summed E-state index contributed by atoms with van der Waals surface area (Å²) in [6.07, 6.45) is 1.06. The first-order valence-electron chi connectivity index (χ1n) is 6.70. The molecule has 1 aromatic carbocycles. The van der Waals surface area contributed by atoms with E-state index in [0.29, 0.717) is 6.61 Å². The molecule has 1 amide bonds. The lowest BCUT2D eigenvalue weighted by atomic mass is 10.1. The molecule has 1 fully saturated rings. The minimum Gasteiger partial charge on any atom is -0.480 e. The zero-order valence-corrected chi connectivity index (χ0v) is 11.4. The molecule has 0 spiro atoms. The van der Waals surface area contributed by atoms with Crippen molar-refractivity contribution in [2.24, 2.45) is 5.92 Å². The van der Waals surface area contributed by atoms with Crippen LogP contribution in [0.5, 0.6) is 0 Å². The van der Waals surface area contributed by atoms with Crippen LogP contribution in [-0.4, -0.2) is 36.7 Å². The Morgan fingerprint density at radius 2 is 2.10 bits per heavy atom. The van der Waals surface area contributed by atoms with Crippen molar-refractivity contribution in [2.45, 2.75) is 24.8 Å². The van der Waals surface area contributed by atoms with Gasteiger partial charge in [-0.05, 0) is 17.9 Å². The van der Waals surface area contributed by atoms with Crippen LogP contribution in [0.2, 0.25) is 0 Å². The third kappa shape index (κ3) is 3.57. The number of hydrogen-bond donors (Lipinski definition) is 2. The highest BCUT2D eigenvalue weighted by molar-refractivity contribution is 5.87. The number of carbonyl (C=O) groups is 2. The Hall–Kier alpha value is -1.88. The van der Waals surface area contributed by atoms with Gasteiger partial charge in [-0.1, -0.05) is 30.3 Å². The number of carboxylic acid groups (broad SMARTS) is 1. The van der Waals surface area contributed by atoms with Crippen LogP contribution in [0.15, 0.2) is 30.3 Å². The van der Waals surface area contributed by atoms with E-state index in [1.807, 2.05) is 30.3 Å². The van der Waals surface area contributed by atoms with Gasteiger partial charge in [0.1, 0.15) is 6.04 Å². The summed E-state index contributed by atoms with van der Waals surface area (Å²) >= 11 is 0. The quantitative estimate of drug-likeness (QED) is 0.790. The van der Waals surface area contributed by atoms with E-state index >= 15 is 0 Å². The summed E-state index contributed by atoms with van der Waals surface area (Å²) in [6.45, 7) is 0.310. The third-order valence-electron chi connectivity index (χ3n) is 3.58. The normalized spacial score (nSPS) is 22.1. The van der Waals surface area contributed by atoms with Crippen LogP contribution in [0.4, 0.5) is 0 Å². The zero-order valence-electron chi connectivity index (χ0n) is 11.4. The lowest BCUT2D eigenvalue weighted by molar-refractivity contribution is -0.142. The molecule has 1 aromatic rings. The van der Waals surface area contributed by atoms with Crippen LogP contribution in [0, 0.1) is 5.92 Å². The van der Waals surface area contributed by atoms with E-state index in [4.69, 9.17) is 9.84 Å². The van der Waals surface area contributed by atoms with Gasteiger partial charge < -0.3 is 15.2 Å². The molecular weight excluding hydrogens is 258 g/mol. The van der Waals surface area contributed by atoms with E-state index in [1.165, 1.54) is 7.11 Å². The molecule has 20 heavy (non-hydrogen) atoms. The molecule has 3 unspecified atom stereocenters. The molecule has 5 nitrogen and oxygen atoms in total. The molecule has 1 aliphatic carbocycles. The van der Waals surface area contributed by atoms with E-state index in [9.17, 15) is 9.59 Å². The molecule has 2 N–H and O–H groups in total. The maximum absolute atomic E-state index is 12.1. The second-order valence-corrected chi connectivity index (χ2v) is 5.04. The molecule has 1 aliphatic rings. The van der Waals surface area contributed by atoms with Crippen molar-refractivity contribution in [1.29, 1.82) is 0 Å². The molecule has 5 heteroatoms. The maximum atomic E-state index is 12.1.